The van der Waals surface area contributed by atoms with E-state index in [1.54, 1.807) is 12.3 Å². The Kier molecular flexibility index (Phi) is 7.76. The number of aromatic nitrogens is 1. The van der Waals surface area contributed by atoms with Gasteiger partial charge in [-0.1, -0.05) is 54.1 Å². The quantitative estimate of drug-likeness (QED) is 0.495. The van der Waals surface area contributed by atoms with Gasteiger partial charge in [0.25, 0.3) is 0 Å². The lowest BCUT2D eigenvalue weighted by Crippen LogP contribution is -2.37. The third-order valence-corrected chi connectivity index (χ3v) is 4.79. The van der Waals surface area contributed by atoms with Crippen LogP contribution in [0.15, 0.2) is 72.9 Å². The largest absolute Gasteiger partial charge is 0.508 e. The third-order valence-electron chi connectivity index (χ3n) is 4.79. The maximum Gasteiger partial charge on any atom is 0.120 e. The predicted octanol–water partition coefficient (Wildman–Crippen LogP) is 3.25. The summed E-state index contributed by atoms with van der Waals surface area (Å²) in [4.78, 5) is 6.44. The van der Waals surface area contributed by atoms with Gasteiger partial charge in [-0.3, -0.25) is 9.88 Å². The number of benzene rings is 2. The van der Waals surface area contributed by atoms with Gasteiger partial charge in [0.05, 0.1) is 11.8 Å². The summed E-state index contributed by atoms with van der Waals surface area (Å²) in [6.45, 7) is 4.93. The van der Waals surface area contributed by atoms with Crippen molar-refractivity contribution in [1.82, 2.24) is 15.2 Å². The molecule has 0 fully saturated rings. The molecular weight excluding hydrogens is 362 g/mol. The van der Waals surface area contributed by atoms with Crippen molar-refractivity contribution in [3.05, 3.63) is 95.3 Å². The highest BCUT2D eigenvalue weighted by atomic mass is 16.3. The fraction of sp³-hybridized carbons (Fsp3) is 0.292. The van der Waals surface area contributed by atoms with Gasteiger partial charge in [0.15, 0.2) is 0 Å². The molecule has 3 rings (SSSR count). The van der Waals surface area contributed by atoms with Gasteiger partial charge in [-0.25, -0.2) is 0 Å². The molecule has 5 heteroatoms. The summed E-state index contributed by atoms with van der Waals surface area (Å²) in [5.74, 6) is 0.282. The summed E-state index contributed by atoms with van der Waals surface area (Å²) in [6, 6.07) is 21.6. The van der Waals surface area contributed by atoms with E-state index in [1.807, 2.05) is 36.4 Å². The molecular formula is C24H29N3O2. The summed E-state index contributed by atoms with van der Waals surface area (Å²) in [6.07, 6.45) is 1.23. The molecule has 0 radical (unpaired) electrons. The highest BCUT2D eigenvalue weighted by Crippen LogP contribution is 2.19. The lowest BCUT2D eigenvalue weighted by atomic mass is 10.1. The normalized spacial score (nSPS) is 12.2. The first-order valence-corrected chi connectivity index (χ1v) is 9.93. The zero-order chi connectivity index (χ0) is 20.5. The third kappa shape index (κ3) is 6.98. The van der Waals surface area contributed by atoms with E-state index in [4.69, 9.17) is 0 Å². The molecule has 0 aliphatic carbocycles. The van der Waals surface area contributed by atoms with Crippen molar-refractivity contribution in [2.45, 2.75) is 32.7 Å². The Bertz CT molecular complexity index is 869. The Hall–Kier alpha value is -2.73. The SMILES string of the molecule is Cc1ccc(CN(Cc2ccccc2O)CC(O)CNCc2ccccn2)cc1. The standard InChI is InChI=1S/C24H29N3O2/c1-19-9-11-20(12-10-19)16-27(17-21-6-2-3-8-24(21)29)18-23(28)15-25-14-22-7-4-5-13-26-22/h2-13,23,25,28-29H,14-18H2,1H3. The average Bonchev–Trinajstić information content (AvgIpc) is 2.72. The van der Waals surface area contributed by atoms with Crippen molar-refractivity contribution in [3.63, 3.8) is 0 Å². The van der Waals surface area contributed by atoms with Crippen molar-refractivity contribution in [3.8, 4) is 5.75 Å². The monoisotopic (exact) mass is 391 g/mol. The van der Waals surface area contributed by atoms with E-state index in [0.29, 0.717) is 32.7 Å². The summed E-state index contributed by atoms with van der Waals surface area (Å²) >= 11 is 0. The van der Waals surface area contributed by atoms with Crippen molar-refractivity contribution < 1.29 is 10.2 Å². The van der Waals surface area contributed by atoms with Crippen molar-refractivity contribution >= 4 is 0 Å². The fourth-order valence-corrected chi connectivity index (χ4v) is 3.25. The predicted molar refractivity (Wildman–Crippen MR) is 115 cm³/mol. The number of phenolic OH excluding ortho intramolecular Hbond substituents is 1. The van der Waals surface area contributed by atoms with Crippen LogP contribution in [0.1, 0.15) is 22.4 Å². The molecule has 1 atom stereocenters. The number of nitrogens with zero attached hydrogens (tertiary/aromatic N) is 2. The van der Waals surface area contributed by atoms with E-state index in [9.17, 15) is 10.2 Å². The number of para-hydroxylation sites is 1. The van der Waals surface area contributed by atoms with Gasteiger partial charge in [-0.2, -0.15) is 0 Å². The van der Waals surface area contributed by atoms with E-state index in [-0.39, 0.29) is 5.75 Å². The lowest BCUT2D eigenvalue weighted by Gasteiger charge is -2.26. The van der Waals surface area contributed by atoms with Gasteiger partial charge in [-0.05, 0) is 30.7 Å². The first-order valence-electron chi connectivity index (χ1n) is 9.93. The van der Waals surface area contributed by atoms with E-state index < -0.39 is 6.10 Å². The van der Waals surface area contributed by atoms with Crippen LogP contribution in [0, 0.1) is 6.92 Å². The molecule has 3 N–H and O–H groups in total. The summed E-state index contributed by atoms with van der Waals surface area (Å²) in [7, 11) is 0. The van der Waals surface area contributed by atoms with E-state index in [2.05, 4.69) is 46.4 Å². The number of rotatable bonds is 10. The van der Waals surface area contributed by atoms with Gasteiger partial charge in [0.1, 0.15) is 5.75 Å². The molecule has 0 aliphatic heterocycles. The van der Waals surface area contributed by atoms with Gasteiger partial charge >= 0.3 is 0 Å². The van der Waals surface area contributed by atoms with E-state index in [1.165, 1.54) is 11.1 Å². The minimum Gasteiger partial charge on any atom is -0.508 e. The van der Waals surface area contributed by atoms with Crippen LogP contribution in [0.3, 0.4) is 0 Å². The maximum absolute atomic E-state index is 10.6. The van der Waals surface area contributed by atoms with Crippen LogP contribution < -0.4 is 5.32 Å². The first kappa shape index (κ1) is 21.0. The zero-order valence-electron chi connectivity index (χ0n) is 16.8. The smallest absolute Gasteiger partial charge is 0.120 e. The van der Waals surface area contributed by atoms with E-state index >= 15 is 0 Å². The molecule has 2 aromatic carbocycles. The molecule has 1 unspecified atom stereocenters. The molecule has 0 saturated carbocycles. The molecule has 0 spiro atoms. The molecule has 3 aromatic rings. The summed E-state index contributed by atoms with van der Waals surface area (Å²) in [5.41, 5.74) is 4.21. The van der Waals surface area contributed by atoms with Crippen LogP contribution in [-0.4, -0.2) is 39.3 Å². The Balaban J connectivity index is 1.60. The summed E-state index contributed by atoms with van der Waals surface area (Å²) < 4.78 is 0. The molecule has 1 heterocycles. The number of phenols is 1. The maximum atomic E-state index is 10.6. The highest BCUT2D eigenvalue weighted by molar-refractivity contribution is 5.31. The second-order valence-electron chi connectivity index (χ2n) is 7.39. The van der Waals surface area contributed by atoms with Crippen molar-refractivity contribution in [2.75, 3.05) is 13.1 Å². The van der Waals surface area contributed by atoms with Gasteiger partial charge < -0.3 is 15.5 Å². The highest BCUT2D eigenvalue weighted by Gasteiger charge is 2.14. The number of pyridine rings is 1. The Morgan fingerprint density at radius 1 is 0.966 bits per heavy atom. The van der Waals surface area contributed by atoms with E-state index in [0.717, 1.165) is 11.3 Å². The van der Waals surface area contributed by atoms with Crippen LogP contribution in [-0.2, 0) is 19.6 Å². The summed E-state index contributed by atoms with van der Waals surface area (Å²) in [5, 5.41) is 24.0. The molecule has 0 bridgehead atoms. The average molecular weight is 392 g/mol. The minimum atomic E-state index is -0.532. The van der Waals surface area contributed by atoms with Gasteiger partial charge in [-0.15, -0.1) is 0 Å². The minimum absolute atomic E-state index is 0.282. The molecule has 5 nitrogen and oxygen atoms in total. The Labute approximate surface area is 172 Å². The molecule has 152 valence electrons. The van der Waals surface area contributed by atoms with Crippen LogP contribution in [0.5, 0.6) is 5.75 Å². The van der Waals surface area contributed by atoms with Crippen LogP contribution in [0.4, 0.5) is 0 Å². The first-order chi connectivity index (χ1) is 14.1. The molecule has 0 saturated heterocycles. The topological polar surface area (TPSA) is 68.6 Å². The number of aliphatic hydroxyl groups is 1. The number of hydrogen-bond donors (Lipinski definition) is 3. The molecule has 0 aliphatic rings. The van der Waals surface area contributed by atoms with Gasteiger partial charge in [0.2, 0.25) is 0 Å². The van der Waals surface area contributed by atoms with Crippen molar-refractivity contribution in [1.29, 1.82) is 0 Å². The van der Waals surface area contributed by atoms with Crippen LogP contribution in [0.25, 0.3) is 0 Å². The molecule has 0 amide bonds. The Morgan fingerprint density at radius 2 is 1.72 bits per heavy atom. The zero-order valence-corrected chi connectivity index (χ0v) is 16.8. The Morgan fingerprint density at radius 3 is 2.45 bits per heavy atom. The second kappa shape index (κ2) is 10.7. The molecule has 29 heavy (non-hydrogen) atoms. The molecule has 1 aromatic heterocycles. The van der Waals surface area contributed by atoms with Crippen molar-refractivity contribution in [2.24, 2.45) is 0 Å². The fourth-order valence-electron chi connectivity index (χ4n) is 3.25. The number of aryl methyl sites for hydroxylation is 1. The number of aliphatic hydroxyl groups excluding tert-OH is 1. The number of nitrogens with one attached hydrogen (secondary N) is 1. The number of aromatic hydroxyl groups is 1. The van der Waals surface area contributed by atoms with Gasteiger partial charge in [0, 0.05) is 44.5 Å². The van der Waals surface area contributed by atoms with Crippen LogP contribution >= 0.6 is 0 Å². The lowest BCUT2D eigenvalue weighted by molar-refractivity contribution is 0.102. The van der Waals surface area contributed by atoms with Crippen LogP contribution in [0.2, 0.25) is 0 Å². The second-order valence-corrected chi connectivity index (χ2v) is 7.39. The number of hydrogen-bond acceptors (Lipinski definition) is 5.